The highest BCUT2D eigenvalue weighted by molar-refractivity contribution is 7.78. The van der Waals surface area contributed by atoms with Crippen molar-refractivity contribution in [1.82, 2.24) is 0 Å². The van der Waals surface area contributed by atoms with Gasteiger partial charge in [-0.25, -0.2) is 4.40 Å². The minimum Gasteiger partial charge on any atom is -0.228 e. The van der Waals surface area contributed by atoms with Crippen LogP contribution in [0.5, 0.6) is 0 Å². The van der Waals surface area contributed by atoms with Crippen LogP contribution in [0.4, 0.5) is 0 Å². The van der Waals surface area contributed by atoms with Crippen molar-refractivity contribution in [2.24, 2.45) is 4.40 Å². The fourth-order valence-corrected chi connectivity index (χ4v) is 0.249. The van der Waals surface area contributed by atoms with Gasteiger partial charge in [-0.1, -0.05) is 5.57 Å². The zero-order valence-electron chi connectivity index (χ0n) is 4.55. The monoisotopic (exact) mass is 115 g/mol. The second-order valence-corrected chi connectivity index (χ2v) is 1.74. The topological polar surface area (TPSA) is 12.4 Å². The lowest BCUT2D eigenvalue weighted by atomic mass is 10.3. The Morgan fingerprint density at radius 3 is 2.29 bits per heavy atom. The Balaban J connectivity index is 3.46. The lowest BCUT2D eigenvalue weighted by Crippen LogP contribution is -1.63. The molecule has 7 heavy (non-hydrogen) atoms. The summed E-state index contributed by atoms with van der Waals surface area (Å²) >= 11 is 3.62. The van der Waals surface area contributed by atoms with Crippen molar-refractivity contribution in [3.63, 3.8) is 0 Å². The highest BCUT2D eigenvalue weighted by Gasteiger charge is 1.66. The Morgan fingerprint density at radius 1 is 1.57 bits per heavy atom. The van der Waals surface area contributed by atoms with E-state index in [-0.39, 0.29) is 0 Å². The average Bonchev–Trinajstić information content (AvgIpc) is 1.61. The van der Waals surface area contributed by atoms with Gasteiger partial charge in [0.15, 0.2) is 0 Å². The molecule has 0 saturated heterocycles. The molecule has 2 heteroatoms. The third-order valence-corrected chi connectivity index (χ3v) is 0.608. The molecule has 0 aromatic heterocycles. The standard InChI is InChI=1S/C5H9NS/c1-5(2)3-4-6-7/h3-4,7H,1-2H3. The summed E-state index contributed by atoms with van der Waals surface area (Å²) in [5.41, 5.74) is 1.23. The lowest BCUT2D eigenvalue weighted by Gasteiger charge is -1.77. The van der Waals surface area contributed by atoms with Gasteiger partial charge in [0.1, 0.15) is 0 Å². The van der Waals surface area contributed by atoms with Crippen LogP contribution >= 0.6 is 12.8 Å². The van der Waals surface area contributed by atoms with E-state index in [1.807, 2.05) is 19.9 Å². The van der Waals surface area contributed by atoms with Crippen LogP contribution in [0.1, 0.15) is 13.8 Å². The maximum Gasteiger partial charge on any atom is 0.0347 e. The fraction of sp³-hybridized carbons (Fsp3) is 0.400. The van der Waals surface area contributed by atoms with Crippen LogP contribution < -0.4 is 0 Å². The highest BCUT2D eigenvalue weighted by atomic mass is 32.1. The average molecular weight is 115 g/mol. The molecule has 0 amide bonds. The number of hydrogen-bond donors (Lipinski definition) is 1. The molecule has 0 unspecified atom stereocenters. The van der Waals surface area contributed by atoms with Crippen molar-refractivity contribution in [2.75, 3.05) is 0 Å². The quantitative estimate of drug-likeness (QED) is 0.395. The first kappa shape index (κ1) is 6.76. The Bertz CT molecular complexity index is 90.3. The smallest absolute Gasteiger partial charge is 0.0347 e. The fourth-order valence-electron chi connectivity index (χ4n) is 0.182. The van der Waals surface area contributed by atoms with Crippen LogP contribution in [-0.2, 0) is 0 Å². The molecule has 0 atom stereocenters. The van der Waals surface area contributed by atoms with E-state index in [0.29, 0.717) is 0 Å². The molecule has 0 aliphatic carbocycles. The van der Waals surface area contributed by atoms with Gasteiger partial charge in [-0.2, -0.15) is 0 Å². The summed E-state index contributed by atoms with van der Waals surface area (Å²) in [5.74, 6) is 0. The molecule has 40 valence electrons. The van der Waals surface area contributed by atoms with Gasteiger partial charge < -0.3 is 0 Å². The van der Waals surface area contributed by atoms with Gasteiger partial charge in [-0.3, -0.25) is 0 Å². The first-order chi connectivity index (χ1) is 3.27. The van der Waals surface area contributed by atoms with Gasteiger partial charge >= 0.3 is 0 Å². The van der Waals surface area contributed by atoms with E-state index in [2.05, 4.69) is 17.2 Å². The normalized spacial score (nSPS) is 9.57. The largest absolute Gasteiger partial charge is 0.228 e. The summed E-state index contributed by atoms with van der Waals surface area (Å²) < 4.78 is 3.47. The van der Waals surface area contributed by atoms with Gasteiger partial charge in [0.05, 0.1) is 0 Å². The van der Waals surface area contributed by atoms with Gasteiger partial charge in [0.2, 0.25) is 0 Å². The molecule has 0 aliphatic rings. The summed E-state index contributed by atoms with van der Waals surface area (Å²) in [6, 6.07) is 0. The summed E-state index contributed by atoms with van der Waals surface area (Å²) in [6.45, 7) is 4.02. The van der Waals surface area contributed by atoms with Crippen LogP contribution in [-0.4, -0.2) is 6.21 Å². The molecule has 0 heterocycles. The van der Waals surface area contributed by atoms with Gasteiger partial charge in [0, 0.05) is 6.21 Å². The van der Waals surface area contributed by atoms with Crippen LogP contribution in [0.3, 0.4) is 0 Å². The number of hydrogen-bond acceptors (Lipinski definition) is 2. The third-order valence-electron chi connectivity index (χ3n) is 0.475. The minimum atomic E-state index is 1.23. The van der Waals surface area contributed by atoms with Crippen LogP contribution in [0.15, 0.2) is 16.0 Å². The van der Waals surface area contributed by atoms with Gasteiger partial charge in [-0.15, -0.1) is 0 Å². The Morgan fingerprint density at radius 2 is 2.14 bits per heavy atom. The molecule has 0 rings (SSSR count). The van der Waals surface area contributed by atoms with E-state index < -0.39 is 0 Å². The van der Waals surface area contributed by atoms with E-state index >= 15 is 0 Å². The first-order valence-corrected chi connectivity index (χ1v) is 2.48. The van der Waals surface area contributed by atoms with E-state index in [9.17, 15) is 0 Å². The Hall–Kier alpha value is -0.240. The second-order valence-electron chi connectivity index (χ2n) is 1.51. The van der Waals surface area contributed by atoms with E-state index in [1.165, 1.54) is 5.57 Å². The maximum absolute atomic E-state index is 3.62. The number of nitrogens with zero attached hydrogens (tertiary/aromatic N) is 1. The molecule has 0 saturated carbocycles. The molecule has 0 radical (unpaired) electrons. The van der Waals surface area contributed by atoms with Crippen molar-refractivity contribution in [3.8, 4) is 0 Å². The second kappa shape index (κ2) is 3.93. The predicted octanol–water partition coefficient (Wildman–Crippen LogP) is 1.87. The number of thiol groups is 1. The van der Waals surface area contributed by atoms with Crippen molar-refractivity contribution in [2.45, 2.75) is 13.8 Å². The highest BCUT2D eigenvalue weighted by Crippen LogP contribution is 1.84. The van der Waals surface area contributed by atoms with Gasteiger partial charge in [0.25, 0.3) is 0 Å². The Kier molecular flexibility index (Phi) is 3.80. The predicted molar refractivity (Wildman–Crippen MR) is 36.9 cm³/mol. The van der Waals surface area contributed by atoms with Crippen LogP contribution in [0, 0.1) is 0 Å². The zero-order chi connectivity index (χ0) is 5.70. The minimum absolute atomic E-state index is 1.23. The summed E-state index contributed by atoms with van der Waals surface area (Å²) in [7, 11) is 0. The van der Waals surface area contributed by atoms with E-state index in [4.69, 9.17) is 0 Å². The molecule has 0 fully saturated rings. The van der Waals surface area contributed by atoms with E-state index in [0.717, 1.165) is 0 Å². The third kappa shape index (κ3) is 5.76. The lowest BCUT2D eigenvalue weighted by molar-refractivity contribution is 1.41. The number of allylic oxidation sites excluding steroid dienone is 2. The van der Waals surface area contributed by atoms with Crippen molar-refractivity contribution in [1.29, 1.82) is 0 Å². The molecule has 0 aliphatic heterocycles. The molecule has 0 aromatic carbocycles. The molecule has 0 aromatic rings. The summed E-state index contributed by atoms with van der Waals surface area (Å²) in [5, 5.41) is 0. The van der Waals surface area contributed by atoms with Crippen LogP contribution in [0.25, 0.3) is 0 Å². The zero-order valence-corrected chi connectivity index (χ0v) is 5.44. The maximum atomic E-state index is 3.62. The van der Waals surface area contributed by atoms with Gasteiger partial charge in [-0.05, 0) is 32.7 Å². The molecular formula is C5H9NS. The molecule has 0 spiro atoms. The molecule has 0 bridgehead atoms. The van der Waals surface area contributed by atoms with Crippen molar-refractivity contribution >= 4 is 19.0 Å². The molecule has 1 nitrogen and oxygen atoms in total. The molecular weight excluding hydrogens is 106 g/mol. The first-order valence-electron chi connectivity index (χ1n) is 2.08. The summed E-state index contributed by atoms with van der Waals surface area (Å²) in [6.07, 6.45) is 3.55. The van der Waals surface area contributed by atoms with Crippen LogP contribution in [0.2, 0.25) is 0 Å². The SMILES string of the molecule is CC(C)=CC=NS. The Labute approximate surface area is 49.7 Å². The van der Waals surface area contributed by atoms with E-state index in [1.54, 1.807) is 6.21 Å². The van der Waals surface area contributed by atoms with Crippen molar-refractivity contribution in [3.05, 3.63) is 11.6 Å². The van der Waals surface area contributed by atoms with Crippen molar-refractivity contribution < 1.29 is 0 Å². The molecule has 0 N–H and O–H groups in total. The summed E-state index contributed by atoms with van der Waals surface area (Å²) in [4.78, 5) is 0. The number of rotatable bonds is 1.